The number of benzene rings is 1. The van der Waals surface area contributed by atoms with Crippen LogP contribution in [-0.2, 0) is 0 Å². The molecule has 2 rings (SSSR count). The van der Waals surface area contributed by atoms with Crippen LogP contribution in [0.2, 0.25) is 0 Å². The third-order valence-corrected chi connectivity index (χ3v) is 3.32. The lowest BCUT2D eigenvalue weighted by Crippen LogP contribution is -2.13. The van der Waals surface area contributed by atoms with E-state index in [1.165, 1.54) is 6.42 Å². The van der Waals surface area contributed by atoms with Gasteiger partial charge in [-0.05, 0) is 44.0 Å². The SMILES string of the molecule is Cc1cc(O)c(C2CCCN2)c(Br)c1. The van der Waals surface area contributed by atoms with Crippen molar-refractivity contribution in [2.24, 2.45) is 0 Å². The minimum Gasteiger partial charge on any atom is -0.508 e. The Morgan fingerprint density at radius 2 is 2.29 bits per heavy atom. The summed E-state index contributed by atoms with van der Waals surface area (Å²) in [6.07, 6.45) is 2.29. The van der Waals surface area contributed by atoms with Crippen LogP contribution in [0, 0.1) is 6.92 Å². The molecule has 1 aromatic carbocycles. The first-order chi connectivity index (χ1) is 6.68. The molecule has 1 unspecified atom stereocenters. The molecule has 1 aliphatic rings. The van der Waals surface area contributed by atoms with Crippen LogP contribution >= 0.6 is 15.9 Å². The van der Waals surface area contributed by atoms with Crippen LogP contribution in [0.25, 0.3) is 0 Å². The van der Waals surface area contributed by atoms with Crippen molar-refractivity contribution in [2.45, 2.75) is 25.8 Å². The van der Waals surface area contributed by atoms with E-state index in [4.69, 9.17) is 0 Å². The summed E-state index contributed by atoms with van der Waals surface area (Å²) in [5.41, 5.74) is 2.09. The molecule has 1 saturated heterocycles. The average Bonchev–Trinajstić information content (AvgIpc) is 2.54. The first kappa shape index (κ1) is 9.99. The van der Waals surface area contributed by atoms with Gasteiger partial charge in [-0.1, -0.05) is 15.9 Å². The summed E-state index contributed by atoms with van der Waals surface area (Å²) in [5.74, 6) is 0.399. The van der Waals surface area contributed by atoms with Gasteiger partial charge in [-0.3, -0.25) is 0 Å². The molecule has 0 aromatic heterocycles. The zero-order chi connectivity index (χ0) is 10.1. The Balaban J connectivity index is 2.40. The van der Waals surface area contributed by atoms with Gasteiger partial charge in [-0.25, -0.2) is 0 Å². The Kier molecular flexibility index (Phi) is 2.79. The van der Waals surface area contributed by atoms with Gasteiger partial charge in [0, 0.05) is 16.1 Å². The molecule has 0 bridgehead atoms. The normalized spacial score (nSPS) is 21.4. The second-order valence-electron chi connectivity index (χ2n) is 3.83. The standard InChI is InChI=1S/C11H14BrNO/c1-7-5-8(12)11(10(14)6-7)9-3-2-4-13-9/h5-6,9,13-14H,2-4H2,1H3. The number of phenols is 1. The van der Waals surface area contributed by atoms with E-state index in [0.717, 1.165) is 28.6 Å². The van der Waals surface area contributed by atoms with Crippen molar-refractivity contribution in [2.75, 3.05) is 6.54 Å². The maximum atomic E-state index is 9.86. The van der Waals surface area contributed by atoms with Crippen molar-refractivity contribution in [3.63, 3.8) is 0 Å². The molecule has 0 radical (unpaired) electrons. The van der Waals surface area contributed by atoms with Crippen molar-refractivity contribution in [3.05, 3.63) is 27.7 Å². The highest BCUT2D eigenvalue weighted by Crippen LogP contribution is 2.36. The Morgan fingerprint density at radius 1 is 1.50 bits per heavy atom. The average molecular weight is 256 g/mol. The maximum Gasteiger partial charge on any atom is 0.121 e. The fraction of sp³-hybridized carbons (Fsp3) is 0.455. The van der Waals surface area contributed by atoms with Gasteiger partial charge < -0.3 is 10.4 Å². The van der Waals surface area contributed by atoms with Crippen LogP contribution < -0.4 is 5.32 Å². The van der Waals surface area contributed by atoms with E-state index in [1.807, 2.05) is 13.0 Å². The number of aromatic hydroxyl groups is 1. The second-order valence-corrected chi connectivity index (χ2v) is 4.68. The summed E-state index contributed by atoms with van der Waals surface area (Å²) in [4.78, 5) is 0. The van der Waals surface area contributed by atoms with Crippen molar-refractivity contribution in [3.8, 4) is 5.75 Å². The predicted octanol–water partition coefficient (Wildman–Crippen LogP) is 2.89. The van der Waals surface area contributed by atoms with Gasteiger partial charge in [-0.2, -0.15) is 0 Å². The molecule has 2 nitrogen and oxygen atoms in total. The first-order valence-corrected chi connectivity index (χ1v) is 5.70. The Bertz CT molecular complexity index is 322. The number of hydrogen-bond donors (Lipinski definition) is 2. The summed E-state index contributed by atoms with van der Waals surface area (Å²) in [6.45, 7) is 3.03. The maximum absolute atomic E-state index is 9.86. The molecule has 1 fully saturated rings. The largest absolute Gasteiger partial charge is 0.508 e. The Labute approximate surface area is 92.5 Å². The lowest BCUT2D eigenvalue weighted by molar-refractivity contribution is 0.455. The summed E-state index contributed by atoms with van der Waals surface area (Å²) in [7, 11) is 0. The van der Waals surface area contributed by atoms with Gasteiger partial charge in [0.2, 0.25) is 0 Å². The molecule has 0 aliphatic carbocycles. The van der Waals surface area contributed by atoms with Gasteiger partial charge in [0.15, 0.2) is 0 Å². The Morgan fingerprint density at radius 3 is 2.86 bits per heavy atom. The monoisotopic (exact) mass is 255 g/mol. The predicted molar refractivity (Wildman–Crippen MR) is 60.5 cm³/mol. The van der Waals surface area contributed by atoms with Crippen LogP contribution in [0.15, 0.2) is 16.6 Å². The van der Waals surface area contributed by atoms with Gasteiger partial charge in [0.25, 0.3) is 0 Å². The zero-order valence-corrected chi connectivity index (χ0v) is 9.76. The number of halogens is 1. The minimum absolute atomic E-state index is 0.310. The molecule has 2 N–H and O–H groups in total. The van der Waals surface area contributed by atoms with Crippen LogP contribution in [0.3, 0.4) is 0 Å². The number of aryl methyl sites for hydroxylation is 1. The lowest BCUT2D eigenvalue weighted by atomic mass is 10.0. The molecular formula is C11H14BrNO. The highest BCUT2D eigenvalue weighted by molar-refractivity contribution is 9.10. The topological polar surface area (TPSA) is 32.3 Å². The molecule has 1 aromatic rings. The van der Waals surface area contributed by atoms with Crippen molar-refractivity contribution >= 4 is 15.9 Å². The summed E-state index contributed by atoms with van der Waals surface area (Å²) >= 11 is 3.51. The van der Waals surface area contributed by atoms with E-state index in [1.54, 1.807) is 0 Å². The lowest BCUT2D eigenvalue weighted by Gasteiger charge is -2.15. The smallest absolute Gasteiger partial charge is 0.121 e. The van der Waals surface area contributed by atoms with E-state index in [0.29, 0.717) is 11.8 Å². The fourth-order valence-corrected chi connectivity index (χ4v) is 2.85. The molecule has 0 spiro atoms. The van der Waals surface area contributed by atoms with Gasteiger partial charge in [0.1, 0.15) is 5.75 Å². The molecule has 3 heteroatoms. The van der Waals surface area contributed by atoms with Crippen LogP contribution in [0.1, 0.15) is 30.0 Å². The minimum atomic E-state index is 0.310. The summed E-state index contributed by atoms with van der Waals surface area (Å²) < 4.78 is 1.01. The third kappa shape index (κ3) is 1.79. The van der Waals surface area contributed by atoms with Crippen LogP contribution in [0.5, 0.6) is 5.75 Å². The van der Waals surface area contributed by atoms with Gasteiger partial charge in [0.05, 0.1) is 0 Å². The van der Waals surface area contributed by atoms with Crippen molar-refractivity contribution in [1.29, 1.82) is 0 Å². The molecule has 1 atom stereocenters. The molecule has 1 aliphatic heterocycles. The van der Waals surface area contributed by atoms with Gasteiger partial charge in [-0.15, -0.1) is 0 Å². The Hall–Kier alpha value is -0.540. The highest BCUT2D eigenvalue weighted by atomic mass is 79.9. The summed E-state index contributed by atoms with van der Waals surface area (Å²) in [5, 5.41) is 13.2. The quantitative estimate of drug-likeness (QED) is 0.809. The molecule has 0 saturated carbocycles. The van der Waals surface area contributed by atoms with Crippen molar-refractivity contribution in [1.82, 2.24) is 5.32 Å². The van der Waals surface area contributed by atoms with E-state index < -0.39 is 0 Å². The number of nitrogens with one attached hydrogen (secondary N) is 1. The number of phenolic OH excluding ortho intramolecular Hbond substituents is 1. The van der Waals surface area contributed by atoms with Crippen molar-refractivity contribution < 1.29 is 5.11 Å². The molecular weight excluding hydrogens is 242 g/mol. The summed E-state index contributed by atoms with van der Waals surface area (Å²) in [6, 6.07) is 4.18. The number of rotatable bonds is 1. The van der Waals surface area contributed by atoms with Gasteiger partial charge >= 0.3 is 0 Å². The third-order valence-electron chi connectivity index (χ3n) is 2.66. The number of hydrogen-bond acceptors (Lipinski definition) is 2. The van der Waals surface area contributed by atoms with Crippen LogP contribution in [-0.4, -0.2) is 11.7 Å². The second kappa shape index (κ2) is 3.91. The van der Waals surface area contributed by atoms with E-state index in [-0.39, 0.29) is 0 Å². The molecule has 1 heterocycles. The van der Waals surface area contributed by atoms with E-state index in [9.17, 15) is 5.11 Å². The molecule has 76 valence electrons. The van der Waals surface area contributed by atoms with Crippen LogP contribution in [0.4, 0.5) is 0 Å². The first-order valence-electron chi connectivity index (χ1n) is 4.91. The van der Waals surface area contributed by atoms with E-state index >= 15 is 0 Å². The molecule has 14 heavy (non-hydrogen) atoms. The molecule has 0 amide bonds. The van der Waals surface area contributed by atoms with E-state index in [2.05, 4.69) is 27.3 Å². The fourth-order valence-electron chi connectivity index (χ4n) is 2.01. The zero-order valence-electron chi connectivity index (χ0n) is 8.18. The highest BCUT2D eigenvalue weighted by Gasteiger charge is 2.21.